The zero-order valence-corrected chi connectivity index (χ0v) is 14.7. The first-order valence-corrected chi connectivity index (χ1v) is 8.33. The molecule has 1 aromatic carbocycles. The quantitative estimate of drug-likeness (QED) is 0.534. The Morgan fingerprint density at radius 3 is 2.81 bits per heavy atom. The first-order valence-electron chi connectivity index (χ1n) is 7.95. The van der Waals surface area contributed by atoms with Crippen LogP contribution in [0.3, 0.4) is 0 Å². The van der Waals surface area contributed by atoms with Gasteiger partial charge in [-0.3, -0.25) is 4.98 Å². The predicted molar refractivity (Wildman–Crippen MR) is 99.5 cm³/mol. The van der Waals surface area contributed by atoms with Crippen molar-refractivity contribution in [2.24, 2.45) is 0 Å². The fourth-order valence-electron chi connectivity index (χ4n) is 2.59. The Hall–Kier alpha value is -3.12. The molecule has 4 rings (SSSR count). The van der Waals surface area contributed by atoms with Gasteiger partial charge < -0.3 is 14.5 Å². The molecule has 0 aliphatic heterocycles. The molecule has 0 spiro atoms. The highest BCUT2D eigenvalue weighted by atomic mass is 35.5. The van der Waals surface area contributed by atoms with Crippen molar-refractivity contribution >= 4 is 22.8 Å². The molecule has 0 unspecified atom stereocenters. The number of methoxy groups -OCH3 is 1. The first-order chi connectivity index (χ1) is 12.7. The largest absolute Gasteiger partial charge is 0.493 e. The standard InChI is InChI=1S/C19H15ClN4O2/c1-25-15-6-4-13(9-16(15)26-11-12-3-2-8-21-10-12)18-22-14-5-7-17(20)23-19(14)24-18/h2-10H,11H2,1H3,(H,22,23,24). The Bertz CT molecular complexity index is 1050. The van der Waals surface area contributed by atoms with E-state index in [4.69, 9.17) is 21.1 Å². The molecule has 3 aromatic heterocycles. The Morgan fingerprint density at radius 2 is 2.00 bits per heavy atom. The number of hydrogen-bond acceptors (Lipinski definition) is 5. The monoisotopic (exact) mass is 366 g/mol. The van der Waals surface area contributed by atoms with Crippen LogP contribution in [0, 0.1) is 0 Å². The summed E-state index contributed by atoms with van der Waals surface area (Å²) in [4.78, 5) is 16.0. The number of fused-ring (bicyclic) bond motifs is 1. The molecular formula is C19H15ClN4O2. The third-order valence-corrected chi connectivity index (χ3v) is 4.08. The number of ether oxygens (including phenoxy) is 2. The van der Waals surface area contributed by atoms with Gasteiger partial charge in [0.15, 0.2) is 17.1 Å². The van der Waals surface area contributed by atoms with Crippen LogP contribution < -0.4 is 9.47 Å². The second kappa shape index (κ2) is 7.01. The van der Waals surface area contributed by atoms with Crippen LogP contribution in [-0.4, -0.2) is 27.0 Å². The maximum absolute atomic E-state index is 5.93. The van der Waals surface area contributed by atoms with Gasteiger partial charge in [0.25, 0.3) is 0 Å². The minimum absolute atomic E-state index is 0.394. The lowest BCUT2D eigenvalue weighted by molar-refractivity contribution is 0.284. The van der Waals surface area contributed by atoms with E-state index in [1.807, 2.05) is 36.4 Å². The van der Waals surface area contributed by atoms with Crippen molar-refractivity contribution in [3.63, 3.8) is 0 Å². The van der Waals surface area contributed by atoms with Crippen molar-refractivity contribution in [3.05, 3.63) is 65.6 Å². The van der Waals surface area contributed by atoms with Gasteiger partial charge in [-0.1, -0.05) is 17.7 Å². The number of benzene rings is 1. The Labute approximate surface area is 154 Å². The molecule has 7 heteroatoms. The van der Waals surface area contributed by atoms with E-state index in [0.717, 1.165) is 16.6 Å². The van der Waals surface area contributed by atoms with E-state index in [9.17, 15) is 0 Å². The van der Waals surface area contributed by atoms with Gasteiger partial charge >= 0.3 is 0 Å². The Morgan fingerprint density at radius 1 is 1.08 bits per heavy atom. The van der Waals surface area contributed by atoms with Gasteiger partial charge in [0, 0.05) is 23.5 Å². The Balaban J connectivity index is 1.66. The van der Waals surface area contributed by atoms with Crippen molar-refractivity contribution in [1.29, 1.82) is 0 Å². The minimum Gasteiger partial charge on any atom is -0.493 e. The highest BCUT2D eigenvalue weighted by molar-refractivity contribution is 6.29. The van der Waals surface area contributed by atoms with Gasteiger partial charge in [0.05, 0.1) is 12.6 Å². The number of aromatic amines is 1. The number of nitrogens with zero attached hydrogens (tertiary/aromatic N) is 3. The molecule has 26 heavy (non-hydrogen) atoms. The van der Waals surface area contributed by atoms with Gasteiger partial charge in [-0.05, 0) is 36.4 Å². The van der Waals surface area contributed by atoms with Crippen molar-refractivity contribution in [3.8, 4) is 22.9 Å². The lowest BCUT2D eigenvalue weighted by Crippen LogP contribution is -1.98. The van der Waals surface area contributed by atoms with Crippen LogP contribution in [0.1, 0.15) is 5.56 Å². The second-order valence-electron chi connectivity index (χ2n) is 5.61. The van der Waals surface area contributed by atoms with Gasteiger partial charge in [-0.15, -0.1) is 0 Å². The lowest BCUT2D eigenvalue weighted by atomic mass is 10.2. The molecule has 4 aromatic rings. The summed E-state index contributed by atoms with van der Waals surface area (Å²) in [5.41, 5.74) is 3.22. The number of nitrogens with one attached hydrogen (secondary N) is 1. The van der Waals surface area contributed by atoms with E-state index in [1.165, 1.54) is 0 Å². The smallest absolute Gasteiger partial charge is 0.179 e. The van der Waals surface area contributed by atoms with Crippen LogP contribution in [0.2, 0.25) is 5.15 Å². The maximum Gasteiger partial charge on any atom is 0.179 e. The van der Waals surface area contributed by atoms with Crippen molar-refractivity contribution < 1.29 is 9.47 Å². The molecular weight excluding hydrogens is 352 g/mol. The average molecular weight is 367 g/mol. The van der Waals surface area contributed by atoms with Crippen molar-refractivity contribution in [2.75, 3.05) is 7.11 Å². The zero-order valence-electron chi connectivity index (χ0n) is 13.9. The maximum atomic E-state index is 5.93. The molecule has 0 atom stereocenters. The summed E-state index contributed by atoms with van der Waals surface area (Å²) in [6, 6.07) is 13.1. The topological polar surface area (TPSA) is 72.9 Å². The average Bonchev–Trinajstić information content (AvgIpc) is 3.10. The molecule has 1 N–H and O–H groups in total. The van der Waals surface area contributed by atoms with Gasteiger partial charge in [0.2, 0.25) is 0 Å². The Kier molecular flexibility index (Phi) is 4.41. The lowest BCUT2D eigenvalue weighted by Gasteiger charge is -2.11. The number of pyridine rings is 2. The number of rotatable bonds is 5. The molecule has 6 nitrogen and oxygen atoms in total. The number of halogens is 1. The van der Waals surface area contributed by atoms with Gasteiger partial charge in [-0.2, -0.15) is 0 Å². The number of hydrogen-bond donors (Lipinski definition) is 1. The van der Waals surface area contributed by atoms with E-state index < -0.39 is 0 Å². The fraction of sp³-hybridized carbons (Fsp3) is 0.105. The van der Waals surface area contributed by atoms with Crippen LogP contribution in [0.25, 0.3) is 22.6 Å². The van der Waals surface area contributed by atoms with E-state index in [1.54, 1.807) is 25.6 Å². The van der Waals surface area contributed by atoms with E-state index in [0.29, 0.717) is 34.7 Å². The molecule has 0 radical (unpaired) electrons. The van der Waals surface area contributed by atoms with Crippen molar-refractivity contribution in [1.82, 2.24) is 19.9 Å². The summed E-state index contributed by atoms with van der Waals surface area (Å²) in [7, 11) is 1.61. The molecule has 0 aliphatic rings. The molecule has 0 amide bonds. The zero-order chi connectivity index (χ0) is 17.9. The highest BCUT2D eigenvalue weighted by Crippen LogP contribution is 2.32. The summed E-state index contributed by atoms with van der Waals surface area (Å²) in [6.45, 7) is 0.394. The van der Waals surface area contributed by atoms with Gasteiger partial charge in [-0.25, -0.2) is 9.97 Å². The fourth-order valence-corrected chi connectivity index (χ4v) is 2.73. The van der Waals surface area contributed by atoms with Crippen molar-refractivity contribution in [2.45, 2.75) is 6.61 Å². The van der Waals surface area contributed by atoms with E-state index in [-0.39, 0.29) is 0 Å². The molecule has 3 heterocycles. The van der Waals surface area contributed by atoms with E-state index in [2.05, 4.69) is 19.9 Å². The van der Waals surface area contributed by atoms with Crippen LogP contribution in [-0.2, 0) is 6.61 Å². The van der Waals surface area contributed by atoms with Gasteiger partial charge in [0.1, 0.15) is 17.6 Å². The predicted octanol–water partition coefficient (Wildman–Crippen LogP) is 4.26. The summed E-state index contributed by atoms with van der Waals surface area (Å²) < 4.78 is 11.3. The molecule has 0 saturated carbocycles. The first kappa shape index (κ1) is 16.4. The highest BCUT2D eigenvalue weighted by Gasteiger charge is 2.11. The normalized spacial score (nSPS) is 10.8. The van der Waals surface area contributed by atoms with E-state index >= 15 is 0 Å². The minimum atomic E-state index is 0.394. The summed E-state index contributed by atoms with van der Waals surface area (Å²) >= 11 is 5.93. The molecule has 130 valence electrons. The molecule has 0 fully saturated rings. The number of H-pyrrole nitrogens is 1. The molecule has 0 aliphatic carbocycles. The summed E-state index contributed by atoms with van der Waals surface area (Å²) in [5, 5.41) is 0.408. The van der Waals surface area contributed by atoms with Crippen LogP contribution in [0.15, 0.2) is 54.9 Å². The summed E-state index contributed by atoms with van der Waals surface area (Å²) in [5.74, 6) is 1.96. The van der Waals surface area contributed by atoms with Crippen LogP contribution in [0.5, 0.6) is 11.5 Å². The second-order valence-corrected chi connectivity index (χ2v) is 5.99. The third-order valence-electron chi connectivity index (χ3n) is 3.87. The third kappa shape index (κ3) is 3.32. The SMILES string of the molecule is COc1ccc(-c2nc3nc(Cl)ccc3[nH]2)cc1OCc1cccnc1. The number of aromatic nitrogens is 4. The molecule has 0 saturated heterocycles. The molecule has 0 bridgehead atoms. The van der Waals surface area contributed by atoms with Crippen LogP contribution in [0.4, 0.5) is 0 Å². The summed E-state index contributed by atoms with van der Waals surface area (Å²) in [6.07, 6.45) is 3.50. The number of imidazole rings is 1. The van der Waals surface area contributed by atoms with Crippen LogP contribution >= 0.6 is 11.6 Å².